The van der Waals surface area contributed by atoms with Crippen LogP contribution in [0.15, 0.2) is 24.3 Å². The minimum absolute atomic E-state index is 0.241. The van der Waals surface area contributed by atoms with Crippen molar-refractivity contribution in [1.82, 2.24) is 10.3 Å². The number of nitrogen functional groups attached to an aromatic ring is 1. The number of hydrogen-bond donors (Lipinski definition) is 2. The normalized spacial score (nSPS) is 26.1. The molecule has 1 aliphatic carbocycles. The van der Waals surface area contributed by atoms with Gasteiger partial charge in [-0.2, -0.15) is 0 Å². The zero-order valence-electron chi connectivity index (χ0n) is 12.3. The first-order valence-corrected chi connectivity index (χ1v) is 7.73. The lowest BCUT2D eigenvalue weighted by atomic mass is 9.90. The number of amides is 1. The van der Waals surface area contributed by atoms with Gasteiger partial charge in [0.25, 0.3) is 5.91 Å². The Hall–Kier alpha value is -1.43. The molecule has 3 N–H and O–H groups in total. The number of nitrogens with two attached hydrogens (primary N) is 1. The molecule has 0 spiro atoms. The molecule has 1 aliphatic heterocycles. The maximum Gasteiger partial charge on any atom is 0.265 e. The van der Waals surface area contributed by atoms with Gasteiger partial charge < -0.3 is 4.74 Å². The Morgan fingerprint density at radius 3 is 3.10 bits per heavy atom. The van der Waals surface area contributed by atoms with Crippen LogP contribution in [0.5, 0.6) is 0 Å². The van der Waals surface area contributed by atoms with Crippen molar-refractivity contribution < 1.29 is 9.53 Å². The summed E-state index contributed by atoms with van der Waals surface area (Å²) in [6.45, 7) is 2.65. The van der Waals surface area contributed by atoms with Gasteiger partial charge in [0.15, 0.2) is 0 Å². The Kier molecular flexibility index (Phi) is 4.53. The van der Waals surface area contributed by atoms with Gasteiger partial charge in [0.05, 0.1) is 12.7 Å². The number of ether oxygens (including phenoxy) is 1. The van der Waals surface area contributed by atoms with Crippen molar-refractivity contribution >= 4 is 5.91 Å². The maximum atomic E-state index is 11.6. The van der Waals surface area contributed by atoms with Gasteiger partial charge in [0.2, 0.25) is 0 Å². The highest BCUT2D eigenvalue weighted by Gasteiger charge is 2.33. The van der Waals surface area contributed by atoms with Gasteiger partial charge in [-0.3, -0.25) is 15.1 Å². The van der Waals surface area contributed by atoms with Crippen molar-refractivity contribution in [2.75, 3.05) is 13.2 Å². The van der Waals surface area contributed by atoms with Gasteiger partial charge in [0.1, 0.15) is 0 Å². The van der Waals surface area contributed by atoms with E-state index in [2.05, 4.69) is 16.4 Å². The molecule has 5 nitrogen and oxygen atoms in total. The fourth-order valence-electron chi connectivity index (χ4n) is 3.50. The van der Waals surface area contributed by atoms with E-state index in [1.807, 2.05) is 12.1 Å². The maximum absolute atomic E-state index is 11.6. The Bertz CT molecular complexity index is 504. The van der Waals surface area contributed by atoms with Crippen LogP contribution in [0.3, 0.4) is 0 Å². The predicted molar refractivity (Wildman–Crippen MR) is 80.5 cm³/mol. The van der Waals surface area contributed by atoms with Gasteiger partial charge in [-0.15, -0.1) is 0 Å². The van der Waals surface area contributed by atoms with Gasteiger partial charge in [-0.1, -0.05) is 25.0 Å². The van der Waals surface area contributed by atoms with Crippen molar-refractivity contribution in [3.05, 3.63) is 35.4 Å². The molecule has 1 saturated heterocycles. The average Bonchev–Trinajstić information content (AvgIpc) is 2.55. The lowest BCUT2D eigenvalue weighted by Crippen LogP contribution is -2.52. The van der Waals surface area contributed by atoms with E-state index < -0.39 is 0 Å². The summed E-state index contributed by atoms with van der Waals surface area (Å²) in [6.07, 6.45) is 5.35. The smallest absolute Gasteiger partial charge is 0.265 e. The molecule has 5 heteroatoms. The summed E-state index contributed by atoms with van der Waals surface area (Å²) >= 11 is 0. The summed E-state index contributed by atoms with van der Waals surface area (Å²) in [6, 6.07) is 8.22. The molecule has 114 valence electrons. The molecule has 21 heavy (non-hydrogen) atoms. The van der Waals surface area contributed by atoms with Gasteiger partial charge in [-0.25, -0.2) is 5.84 Å². The fourth-order valence-corrected chi connectivity index (χ4v) is 3.50. The highest BCUT2D eigenvalue weighted by molar-refractivity contribution is 5.93. The molecule has 2 atom stereocenters. The molecule has 2 unspecified atom stereocenters. The minimum Gasteiger partial charge on any atom is -0.375 e. The average molecular weight is 289 g/mol. The van der Waals surface area contributed by atoms with Crippen LogP contribution in [0.1, 0.15) is 41.6 Å². The Labute approximate surface area is 125 Å². The summed E-state index contributed by atoms with van der Waals surface area (Å²) in [7, 11) is 0. The van der Waals surface area contributed by atoms with E-state index in [4.69, 9.17) is 10.6 Å². The summed E-state index contributed by atoms with van der Waals surface area (Å²) in [4.78, 5) is 14.1. The van der Waals surface area contributed by atoms with Gasteiger partial charge in [0, 0.05) is 24.7 Å². The number of hydrogen-bond acceptors (Lipinski definition) is 4. The number of nitrogens with one attached hydrogen (secondary N) is 1. The number of fused-ring (bicyclic) bond motifs is 1. The van der Waals surface area contributed by atoms with Crippen molar-refractivity contribution in [3.63, 3.8) is 0 Å². The second kappa shape index (κ2) is 6.56. The first-order valence-electron chi connectivity index (χ1n) is 7.73. The third kappa shape index (κ3) is 3.26. The monoisotopic (exact) mass is 289 g/mol. The number of benzene rings is 1. The van der Waals surface area contributed by atoms with Gasteiger partial charge >= 0.3 is 0 Å². The third-order valence-electron chi connectivity index (χ3n) is 4.55. The van der Waals surface area contributed by atoms with E-state index in [-0.39, 0.29) is 5.91 Å². The number of nitrogens with zero attached hydrogens (tertiary/aromatic N) is 1. The molecule has 0 radical (unpaired) electrons. The van der Waals surface area contributed by atoms with E-state index in [9.17, 15) is 4.79 Å². The summed E-state index contributed by atoms with van der Waals surface area (Å²) in [5.41, 5.74) is 3.95. The zero-order chi connectivity index (χ0) is 14.7. The van der Waals surface area contributed by atoms with Crippen LogP contribution in [0.4, 0.5) is 0 Å². The minimum atomic E-state index is -0.241. The third-order valence-corrected chi connectivity index (χ3v) is 4.55. The second-order valence-corrected chi connectivity index (χ2v) is 5.91. The lowest BCUT2D eigenvalue weighted by Gasteiger charge is -2.43. The molecule has 1 amide bonds. The van der Waals surface area contributed by atoms with E-state index in [0.29, 0.717) is 17.7 Å². The molecule has 1 aromatic rings. The van der Waals surface area contributed by atoms with Crippen molar-refractivity contribution in [3.8, 4) is 0 Å². The van der Waals surface area contributed by atoms with Crippen LogP contribution in [-0.2, 0) is 11.3 Å². The summed E-state index contributed by atoms with van der Waals surface area (Å²) in [5, 5.41) is 0. The highest BCUT2D eigenvalue weighted by Crippen LogP contribution is 2.29. The largest absolute Gasteiger partial charge is 0.375 e. The molecule has 1 aromatic carbocycles. The van der Waals surface area contributed by atoms with Crippen LogP contribution >= 0.6 is 0 Å². The van der Waals surface area contributed by atoms with Crippen molar-refractivity contribution in [1.29, 1.82) is 0 Å². The van der Waals surface area contributed by atoms with E-state index in [1.54, 1.807) is 6.07 Å². The molecule has 0 aromatic heterocycles. The first-order chi connectivity index (χ1) is 10.3. The van der Waals surface area contributed by atoms with Crippen LogP contribution in [0.2, 0.25) is 0 Å². The molecule has 3 rings (SSSR count). The Morgan fingerprint density at radius 2 is 2.24 bits per heavy atom. The summed E-state index contributed by atoms with van der Waals surface area (Å²) in [5.74, 6) is 4.96. The highest BCUT2D eigenvalue weighted by atomic mass is 16.5. The van der Waals surface area contributed by atoms with Crippen LogP contribution in [0, 0.1) is 0 Å². The quantitative estimate of drug-likeness (QED) is 0.502. The van der Waals surface area contributed by atoms with E-state index in [0.717, 1.165) is 25.3 Å². The standard InChI is InChI=1S/C16H23N3O2/c17-18-16(20)13-5-3-4-12(10-13)11-19-8-9-21-15-7-2-1-6-14(15)19/h3-5,10,14-15H,1-2,6-9,11,17H2,(H,18,20). The molecule has 2 fully saturated rings. The number of carbonyl (C=O) groups is 1. The molecule has 1 heterocycles. The van der Waals surface area contributed by atoms with Crippen molar-refractivity contribution in [2.45, 2.75) is 44.4 Å². The second-order valence-electron chi connectivity index (χ2n) is 5.91. The number of morpholine rings is 1. The zero-order valence-corrected chi connectivity index (χ0v) is 12.3. The fraction of sp³-hybridized carbons (Fsp3) is 0.562. The number of carbonyl (C=O) groups excluding carboxylic acids is 1. The van der Waals surface area contributed by atoms with Crippen LogP contribution in [-0.4, -0.2) is 36.1 Å². The van der Waals surface area contributed by atoms with Crippen LogP contribution < -0.4 is 11.3 Å². The van der Waals surface area contributed by atoms with Crippen molar-refractivity contribution in [2.24, 2.45) is 5.84 Å². The Morgan fingerprint density at radius 1 is 1.38 bits per heavy atom. The van der Waals surface area contributed by atoms with Gasteiger partial charge in [-0.05, 0) is 30.5 Å². The molecule has 2 aliphatic rings. The first kappa shape index (κ1) is 14.5. The summed E-state index contributed by atoms with van der Waals surface area (Å²) < 4.78 is 5.91. The van der Waals surface area contributed by atoms with E-state index >= 15 is 0 Å². The van der Waals surface area contributed by atoms with E-state index in [1.165, 1.54) is 25.7 Å². The Balaban J connectivity index is 1.71. The topological polar surface area (TPSA) is 67.6 Å². The molecular formula is C16H23N3O2. The molecular weight excluding hydrogens is 266 g/mol. The SMILES string of the molecule is NNC(=O)c1cccc(CN2CCOC3CCCCC32)c1. The number of hydrazine groups is 1. The lowest BCUT2D eigenvalue weighted by molar-refractivity contribution is -0.0911. The predicted octanol–water partition coefficient (Wildman–Crippen LogP) is 1.43. The van der Waals surface area contributed by atoms with Crippen LogP contribution in [0.25, 0.3) is 0 Å². The molecule has 1 saturated carbocycles. The number of rotatable bonds is 3. The molecule has 0 bridgehead atoms.